The number of anilines is 4. The minimum absolute atomic E-state index is 0.190. The van der Waals surface area contributed by atoms with Gasteiger partial charge in [0.2, 0.25) is 17.8 Å². The summed E-state index contributed by atoms with van der Waals surface area (Å²) in [4.78, 5) is 14.5. The Balaban J connectivity index is 2.25. The highest BCUT2D eigenvalue weighted by Gasteiger charge is 2.10. The summed E-state index contributed by atoms with van der Waals surface area (Å²) in [5.41, 5.74) is 5.71. The zero-order chi connectivity index (χ0) is 13.8. The first-order valence-electron chi connectivity index (χ1n) is 6.15. The largest absolute Gasteiger partial charge is 0.368 e. The van der Waals surface area contributed by atoms with Gasteiger partial charge >= 0.3 is 0 Å². The summed E-state index contributed by atoms with van der Waals surface area (Å²) < 4.78 is 1.69. The maximum absolute atomic E-state index is 5.71. The first kappa shape index (κ1) is 13.1. The molecule has 0 atom stereocenters. The summed E-state index contributed by atoms with van der Waals surface area (Å²) in [6.45, 7) is 5.69. The number of rotatable bonds is 5. The number of nitrogen functional groups attached to an aromatic ring is 1. The van der Waals surface area contributed by atoms with E-state index in [1.54, 1.807) is 4.68 Å². The van der Waals surface area contributed by atoms with E-state index in [2.05, 4.69) is 25.4 Å². The molecule has 102 valence electrons. The zero-order valence-electron chi connectivity index (χ0n) is 11.3. The molecule has 3 N–H and O–H groups in total. The summed E-state index contributed by atoms with van der Waals surface area (Å²) in [5, 5.41) is 7.21. The summed E-state index contributed by atoms with van der Waals surface area (Å²) in [6.07, 6.45) is 1.83. The molecule has 2 rings (SSSR count). The van der Waals surface area contributed by atoms with Gasteiger partial charge in [0, 0.05) is 32.4 Å². The van der Waals surface area contributed by atoms with Crippen molar-refractivity contribution >= 4 is 23.7 Å². The number of hydrogen-bond acceptors (Lipinski definition) is 7. The first-order valence-corrected chi connectivity index (χ1v) is 6.15. The Bertz CT molecular complexity index is 545. The van der Waals surface area contributed by atoms with E-state index in [-0.39, 0.29) is 5.95 Å². The minimum Gasteiger partial charge on any atom is -0.368 e. The van der Waals surface area contributed by atoms with Crippen LogP contribution in [0.3, 0.4) is 0 Å². The van der Waals surface area contributed by atoms with Crippen molar-refractivity contribution < 1.29 is 0 Å². The molecule has 0 unspecified atom stereocenters. The lowest BCUT2D eigenvalue weighted by Gasteiger charge is -2.18. The molecule has 0 amide bonds. The second-order valence-electron chi connectivity index (χ2n) is 3.99. The zero-order valence-corrected chi connectivity index (χ0v) is 11.3. The molecular formula is C11H18N8. The Morgan fingerprint density at radius 3 is 2.58 bits per heavy atom. The Kier molecular flexibility index (Phi) is 3.79. The quantitative estimate of drug-likeness (QED) is 0.821. The molecular weight excluding hydrogens is 244 g/mol. The normalized spacial score (nSPS) is 10.5. The van der Waals surface area contributed by atoms with E-state index in [0.29, 0.717) is 17.7 Å². The van der Waals surface area contributed by atoms with Gasteiger partial charge in [-0.3, -0.25) is 4.68 Å². The van der Waals surface area contributed by atoms with E-state index in [1.807, 2.05) is 38.1 Å². The average Bonchev–Trinajstić information content (AvgIpc) is 2.75. The van der Waals surface area contributed by atoms with Crippen molar-refractivity contribution in [3.63, 3.8) is 0 Å². The van der Waals surface area contributed by atoms with E-state index < -0.39 is 0 Å². The molecule has 8 nitrogen and oxygen atoms in total. The van der Waals surface area contributed by atoms with Crippen LogP contribution in [0.4, 0.5) is 23.7 Å². The lowest BCUT2D eigenvalue weighted by atomic mass is 10.5. The lowest BCUT2D eigenvalue weighted by molar-refractivity contribution is 0.770. The topological polar surface area (TPSA) is 97.8 Å². The molecule has 0 aliphatic carbocycles. The van der Waals surface area contributed by atoms with Crippen molar-refractivity contribution in [2.75, 3.05) is 29.0 Å². The van der Waals surface area contributed by atoms with Crippen LogP contribution in [-0.4, -0.2) is 37.8 Å². The van der Waals surface area contributed by atoms with Crippen LogP contribution in [0.5, 0.6) is 0 Å². The average molecular weight is 262 g/mol. The van der Waals surface area contributed by atoms with Gasteiger partial charge in [0.15, 0.2) is 5.82 Å². The van der Waals surface area contributed by atoms with Crippen LogP contribution in [0.2, 0.25) is 0 Å². The number of nitrogens with two attached hydrogens (primary N) is 1. The number of nitrogens with one attached hydrogen (secondary N) is 1. The third-order valence-corrected chi connectivity index (χ3v) is 2.64. The van der Waals surface area contributed by atoms with E-state index >= 15 is 0 Å². The molecule has 0 saturated heterocycles. The standard InChI is InChI=1S/C11H18N8/c1-4-19(5-2)11-15-9(12)14-10(16-11)13-8-6-7-18(3)17-8/h6-7H,4-5H2,1-3H3,(H3,12,13,14,15,16,17). The van der Waals surface area contributed by atoms with Gasteiger partial charge in [0.05, 0.1) is 0 Å². The van der Waals surface area contributed by atoms with E-state index in [0.717, 1.165) is 13.1 Å². The summed E-state index contributed by atoms with van der Waals surface area (Å²) in [6, 6.07) is 1.83. The van der Waals surface area contributed by atoms with E-state index in [4.69, 9.17) is 5.73 Å². The Hall–Kier alpha value is -2.38. The molecule has 2 heterocycles. The van der Waals surface area contributed by atoms with Gasteiger partial charge in [-0.25, -0.2) is 0 Å². The molecule has 19 heavy (non-hydrogen) atoms. The van der Waals surface area contributed by atoms with Gasteiger partial charge in [-0.1, -0.05) is 0 Å². The fourth-order valence-corrected chi connectivity index (χ4v) is 1.68. The van der Waals surface area contributed by atoms with Crippen molar-refractivity contribution in [1.29, 1.82) is 0 Å². The molecule has 0 aromatic carbocycles. The van der Waals surface area contributed by atoms with Crippen LogP contribution in [0.1, 0.15) is 13.8 Å². The molecule has 0 aliphatic heterocycles. The third kappa shape index (κ3) is 3.09. The second kappa shape index (κ2) is 5.51. The van der Waals surface area contributed by atoms with Crippen LogP contribution >= 0.6 is 0 Å². The van der Waals surface area contributed by atoms with Crippen molar-refractivity contribution in [2.45, 2.75) is 13.8 Å². The van der Waals surface area contributed by atoms with Crippen molar-refractivity contribution in [2.24, 2.45) is 7.05 Å². The molecule has 0 radical (unpaired) electrons. The second-order valence-corrected chi connectivity index (χ2v) is 3.99. The van der Waals surface area contributed by atoms with Gasteiger partial charge in [-0.2, -0.15) is 20.1 Å². The van der Waals surface area contributed by atoms with Gasteiger partial charge in [-0.15, -0.1) is 0 Å². The molecule has 2 aromatic heterocycles. The Labute approximate surface area is 111 Å². The molecule has 0 bridgehead atoms. The first-order chi connectivity index (χ1) is 9.12. The molecule has 0 aliphatic rings. The smallest absolute Gasteiger partial charge is 0.235 e. The predicted molar refractivity (Wildman–Crippen MR) is 74.3 cm³/mol. The maximum Gasteiger partial charge on any atom is 0.235 e. The van der Waals surface area contributed by atoms with E-state index in [9.17, 15) is 0 Å². The monoisotopic (exact) mass is 262 g/mol. The number of aromatic nitrogens is 5. The third-order valence-electron chi connectivity index (χ3n) is 2.64. The Morgan fingerprint density at radius 1 is 1.26 bits per heavy atom. The highest BCUT2D eigenvalue weighted by molar-refractivity contribution is 5.50. The molecule has 2 aromatic rings. The fourth-order valence-electron chi connectivity index (χ4n) is 1.68. The van der Waals surface area contributed by atoms with Gasteiger partial charge in [0.1, 0.15) is 0 Å². The molecule has 0 spiro atoms. The summed E-state index contributed by atoms with van der Waals surface area (Å²) in [5.74, 6) is 1.82. The molecule has 8 heteroatoms. The van der Waals surface area contributed by atoms with Crippen LogP contribution in [0.15, 0.2) is 12.3 Å². The van der Waals surface area contributed by atoms with Crippen LogP contribution < -0.4 is 16.0 Å². The summed E-state index contributed by atoms with van der Waals surface area (Å²) in [7, 11) is 1.84. The fraction of sp³-hybridized carbons (Fsp3) is 0.455. The lowest BCUT2D eigenvalue weighted by Crippen LogP contribution is -2.25. The molecule has 0 saturated carbocycles. The molecule has 0 fully saturated rings. The van der Waals surface area contributed by atoms with E-state index in [1.165, 1.54) is 0 Å². The predicted octanol–water partition coefficient (Wildman–Crippen LogP) is 0.777. The van der Waals surface area contributed by atoms with Crippen molar-refractivity contribution in [3.05, 3.63) is 12.3 Å². The highest BCUT2D eigenvalue weighted by atomic mass is 15.3. The Morgan fingerprint density at radius 2 is 2.00 bits per heavy atom. The number of hydrogen-bond donors (Lipinski definition) is 2. The number of aryl methyl sites for hydroxylation is 1. The van der Waals surface area contributed by atoms with Gasteiger partial charge in [0.25, 0.3) is 0 Å². The SMILES string of the molecule is CCN(CC)c1nc(N)nc(Nc2ccn(C)n2)n1. The van der Waals surface area contributed by atoms with Crippen molar-refractivity contribution in [1.82, 2.24) is 24.7 Å². The highest BCUT2D eigenvalue weighted by Crippen LogP contribution is 2.14. The van der Waals surface area contributed by atoms with Gasteiger partial charge < -0.3 is 16.0 Å². The van der Waals surface area contributed by atoms with Crippen LogP contribution in [0, 0.1) is 0 Å². The van der Waals surface area contributed by atoms with Crippen LogP contribution in [-0.2, 0) is 7.05 Å². The summed E-state index contributed by atoms with van der Waals surface area (Å²) >= 11 is 0. The van der Waals surface area contributed by atoms with Crippen molar-refractivity contribution in [3.8, 4) is 0 Å². The van der Waals surface area contributed by atoms with Crippen LogP contribution in [0.25, 0.3) is 0 Å². The number of nitrogens with zero attached hydrogens (tertiary/aromatic N) is 6. The van der Waals surface area contributed by atoms with Gasteiger partial charge in [-0.05, 0) is 13.8 Å². The maximum atomic E-state index is 5.71. The minimum atomic E-state index is 0.190.